The van der Waals surface area contributed by atoms with Gasteiger partial charge in [-0.2, -0.15) is 0 Å². The number of nitrogens with one attached hydrogen (secondary N) is 1. The topological polar surface area (TPSA) is 47.3 Å². The van der Waals surface area contributed by atoms with Crippen LogP contribution in [0, 0.1) is 0 Å². The van der Waals surface area contributed by atoms with Crippen LogP contribution in [0.15, 0.2) is 18.2 Å². The predicted molar refractivity (Wildman–Crippen MR) is 55.1 cm³/mol. The molecule has 0 radical (unpaired) electrons. The fourth-order valence-electron chi connectivity index (χ4n) is 1.22. The lowest BCUT2D eigenvalue weighted by Crippen LogP contribution is -2.20. The van der Waals surface area contributed by atoms with Crippen LogP contribution in [-0.4, -0.2) is 20.1 Å². The van der Waals surface area contributed by atoms with Crippen molar-refractivity contribution in [2.75, 3.05) is 19.4 Å². The lowest BCUT2D eigenvalue weighted by molar-refractivity contribution is 0.145. The molecule has 0 aliphatic carbocycles. The number of halogens is 2. The van der Waals surface area contributed by atoms with Gasteiger partial charge in [-0.05, 0) is 6.07 Å². The molecule has 15 heavy (non-hydrogen) atoms. The number of benzene rings is 1. The number of alkyl halides is 2. The molecule has 0 saturated carbocycles. The molecule has 1 aromatic carbocycles. The van der Waals surface area contributed by atoms with Crippen molar-refractivity contribution < 1.29 is 13.5 Å². The quantitative estimate of drug-likeness (QED) is 0.735. The molecule has 0 bridgehead atoms. The van der Waals surface area contributed by atoms with E-state index < -0.39 is 6.43 Å². The average Bonchev–Trinajstić information content (AvgIpc) is 2.19. The zero-order valence-corrected chi connectivity index (χ0v) is 8.47. The van der Waals surface area contributed by atoms with Crippen molar-refractivity contribution in [2.24, 2.45) is 0 Å². The van der Waals surface area contributed by atoms with Crippen molar-refractivity contribution in [2.45, 2.75) is 13.0 Å². The summed E-state index contributed by atoms with van der Waals surface area (Å²) in [7, 11) is 1.52. The minimum absolute atomic E-state index is 0.326. The van der Waals surface area contributed by atoms with Gasteiger partial charge in [-0.15, -0.1) is 0 Å². The maximum atomic E-state index is 11.9. The fraction of sp³-hybridized carbons (Fsp3) is 0.400. The van der Waals surface area contributed by atoms with Crippen LogP contribution in [0.1, 0.15) is 5.56 Å². The Labute approximate surface area is 87.2 Å². The Hall–Kier alpha value is -1.36. The molecule has 0 fully saturated rings. The van der Waals surface area contributed by atoms with Crippen molar-refractivity contribution in [1.82, 2.24) is 5.32 Å². The summed E-state index contributed by atoms with van der Waals surface area (Å²) in [5.74, 6) is 0.608. The molecule has 0 amide bonds. The first-order valence-electron chi connectivity index (χ1n) is 4.54. The zero-order chi connectivity index (χ0) is 11.3. The molecule has 0 spiro atoms. The van der Waals surface area contributed by atoms with Gasteiger partial charge < -0.3 is 15.8 Å². The van der Waals surface area contributed by atoms with E-state index >= 15 is 0 Å². The van der Waals surface area contributed by atoms with Crippen LogP contribution < -0.4 is 15.8 Å². The third-order valence-corrected chi connectivity index (χ3v) is 1.93. The van der Waals surface area contributed by atoms with Gasteiger partial charge in [-0.3, -0.25) is 0 Å². The SMILES string of the molecule is COc1cc(N)ccc1CNCC(F)F. The van der Waals surface area contributed by atoms with Crippen molar-refractivity contribution in [3.8, 4) is 5.75 Å². The minimum atomic E-state index is -2.34. The van der Waals surface area contributed by atoms with Gasteiger partial charge in [0.1, 0.15) is 5.75 Å². The number of nitrogen functional groups attached to an aromatic ring is 1. The number of nitrogens with two attached hydrogens (primary N) is 1. The van der Waals surface area contributed by atoms with E-state index in [1.807, 2.05) is 0 Å². The molecule has 0 aliphatic rings. The Morgan fingerprint density at radius 1 is 1.47 bits per heavy atom. The molecule has 0 atom stereocenters. The zero-order valence-electron chi connectivity index (χ0n) is 8.47. The van der Waals surface area contributed by atoms with E-state index in [9.17, 15) is 8.78 Å². The van der Waals surface area contributed by atoms with Crippen molar-refractivity contribution in [1.29, 1.82) is 0 Å². The van der Waals surface area contributed by atoms with Crippen LogP contribution >= 0.6 is 0 Å². The van der Waals surface area contributed by atoms with Gasteiger partial charge in [0.15, 0.2) is 0 Å². The minimum Gasteiger partial charge on any atom is -0.496 e. The second-order valence-electron chi connectivity index (χ2n) is 3.09. The van der Waals surface area contributed by atoms with Gasteiger partial charge >= 0.3 is 0 Å². The van der Waals surface area contributed by atoms with E-state index in [-0.39, 0.29) is 6.54 Å². The largest absolute Gasteiger partial charge is 0.496 e. The first-order valence-corrected chi connectivity index (χ1v) is 4.54. The first kappa shape index (κ1) is 11.7. The Kier molecular flexibility index (Phi) is 4.30. The van der Waals surface area contributed by atoms with Crippen LogP contribution in [0.4, 0.5) is 14.5 Å². The maximum Gasteiger partial charge on any atom is 0.250 e. The molecule has 0 unspecified atom stereocenters. The molecule has 84 valence electrons. The smallest absolute Gasteiger partial charge is 0.250 e. The molecule has 1 rings (SSSR count). The Morgan fingerprint density at radius 3 is 2.80 bits per heavy atom. The summed E-state index contributed by atoms with van der Waals surface area (Å²) >= 11 is 0. The van der Waals surface area contributed by atoms with E-state index in [2.05, 4.69) is 5.32 Å². The number of hydrogen-bond acceptors (Lipinski definition) is 3. The number of methoxy groups -OCH3 is 1. The molecule has 5 heteroatoms. The van der Waals surface area contributed by atoms with Crippen LogP contribution in [0.5, 0.6) is 5.75 Å². The van der Waals surface area contributed by atoms with E-state index in [4.69, 9.17) is 10.5 Å². The number of ether oxygens (including phenoxy) is 1. The Balaban J connectivity index is 2.60. The lowest BCUT2D eigenvalue weighted by Gasteiger charge is -2.10. The maximum absolute atomic E-state index is 11.9. The summed E-state index contributed by atoms with van der Waals surface area (Å²) in [6.45, 7) is 0.0152. The monoisotopic (exact) mass is 216 g/mol. The fourth-order valence-corrected chi connectivity index (χ4v) is 1.22. The highest BCUT2D eigenvalue weighted by atomic mass is 19.3. The molecule has 0 heterocycles. The highest BCUT2D eigenvalue weighted by Crippen LogP contribution is 2.21. The summed E-state index contributed by atoms with van der Waals surface area (Å²) in [5, 5.41) is 2.62. The summed E-state index contributed by atoms with van der Waals surface area (Å²) in [5.41, 5.74) is 6.96. The molecular weight excluding hydrogens is 202 g/mol. The van der Waals surface area contributed by atoms with Gasteiger partial charge in [0.2, 0.25) is 0 Å². The number of hydrogen-bond donors (Lipinski definition) is 2. The molecule has 1 aromatic rings. The average molecular weight is 216 g/mol. The second-order valence-corrected chi connectivity index (χ2v) is 3.09. The highest BCUT2D eigenvalue weighted by Gasteiger charge is 2.05. The summed E-state index contributed by atoms with van der Waals surface area (Å²) < 4.78 is 28.8. The second kappa shape index (κ2) is 5.50. The molecular formula is C10H14F2N2O. The normalized spacial score (nSPS) is 10.7. The first-order chi connectivity index (χ1) is 7.13. The summed E-state index contributed by atoms with van der Waals surface area (Å²) in [4.78, 5) is 0. The van der Waals surface area contributed by atoms with Crippen LogP contribution in [0.25, 0.3) is 0 Å². The van der Waals surface area contributed by atoms with E-state index in [1.165, 1.54) is 7.11 Å². The Bertz CT molecular complexity index is 318. The van der Waals surface area contributed by atoms with Gasteiger partial charge in [0, 0.05) is 23.9 Å². The molecule has 0 aromatic heterocycles. The van der Waals surface area contributed by atoms with E-state index in [1.54, 1.807) is 18.2 Å². The summed E-state index contributed by atoms with van der Waals surface area (Å²) in [6.07, 6.45) is -2.34. The lowest BCUT2D eigenvalue weighted by atomic mass is 10.2. The van der Waals surface area contributed by atoms with Gasteiger partial charge in [0.25, 0.3) is 6.43 Å². The van der Waals surface area contributed by atoms with Crippen molar-refractivity contribution in [3.05, 3.63) is 23.8 Å². The standard InChI is InChI=1S/C10H14F2N2O/c1-15-9-4-8(13)3-2-7(9)5-14-6-10(11)12/h2-4,10,14H,5-6,13H2,1H3. The van der Waals surface area contributed by atoms with Crippen molar-refractivity contribution >= 4 is 5.69 Å². The van der Waals surface area contributed by atoms with Gasteiger partial charge in [-0.1, -0.05) is 6.07 Å². The van der Waals surface area contributed by atoms with Crippen LogP contribution in [-0.2, 0) is 6.54 Å². The Morgan fingerprint density at radius 2 is 2.20 bits per heavy atom. The van der Waals surface area contributed by atoms with Gasteiger partial charge in [0.05, 0.1) is 13.7 Å². The summed E-state index contributed by atoms with van der Waals surface area (Å²) in [6, 6.07) is 5.13. The van der Waals surface area contributed by atoms with Crippen molar-refractivity contribution in [3.63, 3.8) is 0 Å². The van der Waals surface area contributed by atoms with Crippen LogP contribution in [0.3, 0.4) is 0 Å². The number of anilines is 1. The molecule has 3 N–H and O–H groups in total. The highest BCUT2D eigenvalue weighted by molar-refractivity contribution is 5.48. The van der Waals surface area contributed by atoms with E-state index in [0.29, 0.717) is 18.0 Å². The van der Waals surface area contributed by atoms with E-state index in [0.717, 1.165) is 5.56 Å². The van der Waals surface area contributed by atoms with Crippen LogP contribution in [0.2, 0.25) is 0 Å². The predicted octanol–water partition coefficient (Wildman–Crippen LogP) is 1.63. The molecule has 0 saturated heterocycles. The van der Waals surface area contributed by atoms with Gasteiger partial charge in [-0.25, -0.2) is 8.78 Å². The number of rotatable bonds is 5. The molecule has 3 nitrogen and oxygen atoms in total. The molecule has 0 aliphatic heterocycles. The third kappa shape index (κ3) is 3.71. The third-order valence-electron chi connectivity index (χ3n) is 1.93.